The number of ether oxygens (including phenoxy) is 3. The highest BCUT2D eigenvalue weighted by Gasteiger charge is 2.38. The fourth-order valence-electron chi connectivity index (χ4n) is 7.33. The van der Waals surface area contributed by atoms with Crippen LogP contribution in [0.5, 0.6) is 11.5 Å². The summed E-state index contributed by atoms with van der Waals surface area (Å²) in [5, 5.41) is 9.40. The highest BCUT2D eigenvalue weighted by atomic mass is 32.2. The lowest BCUT2D eigenvalue weighted by molar-refractivity contribution is -0.139. The Morgan fingerprint density at radius 3 is 2.30 bits per heavy atom. The van der Waals surface area contributed by atoms with E-state index in [-0.39, 0.29) is 28.8 Å². The number of alkyl halides is 3. The average Bonchev–Trinajstić information content (AvgIpc) is 3.70. The maximum atomic E-state index is 14.5. The van der Waals surface area contributed by atoms with Gasteiger partial charge in [-0.3, -0.25) is 0 Å². The van der Waals surface area contributed by atoms with Gasteiger partial charge in [0.1, 0.15) is 17.3 Å². The van der Waals surface area contributed by atoms with Crippen molar-refractivity contribution in [3.8, 4) is 33.8 Å². The summed E-state index contributed by atoms with van der Waals surface area (Å²) in [5.41, 5.74) is 6.27. The molecule has 0 saturated carbocycles. The van der Waals surface area contributed by atoms with E-state index in [9.17, 15) is 31.5 Å². The van der Waals surface area contributed by atoms with Crippen LogP contribution in [-0.2, 0) is 32.0 Å². The molecule has 5 aromatic rings. The third-order valence-electron chi connectivity index (χ3n) is 9.75. The first-order valence-electron chi connectivity index (χ1n) is 17.0. The smallest absolute Gasteiger partial charge is 0.416 e. The van der Waals surface area contributed by atoms with Gasteiger partial charge in [-0.15, -0.1) is 0 Å². The molecule has 2 unspecified atom stereocenters. The minimum Gasteiger partial charge on any atom is -0.481 e. The molecule has 1 N–H and O–H groups in total. The molecule has 0 aliphatic heterocycles. The number of benzene rings is 5. The van der Waals surface area contributed by atoms with E-state index >= 15 is 0 Å². The Bertz CT molecular complexity index is 2310. The molecule has 0 fully saturated rings. The van der Waals surface area contributed by atoms with Gasteiger partial charge in [0.25, 0.3) is 0 Å². The molecule has 0 spiro atoms. The molecule has 7 rings (SSSR count). The largest absolute Gasteiger partial charge is 0.481 e. The fourth-order valence-corrected chi connectivity index (χ4v) is 9.02. The van der Waals surface area contributed by atoms with Crippen molar-refractivity contribution in [2.75, 3.05) is 26.1 Å². The van der Waals surface area contributed by atoms with E-state index in [2.05, 4.69) is 0 Å². The van der Waals surface area contributed by atoms with Gasteiger partial charge in [-0.05, 0) is 106 Å². The number of hydrogen-bond donors (Lipinski definition) is 1. The van der Waals surface area contributed by atoms with Crippen molar-refractivity contribution in [3.63, 3.8) is 0 Å². The number of hydrogen-bond acceptors (Lipinski definition) is 6. The number of methoxy groups -OCH3 is 1. The van der Waals surface area contributed by atoms with E-state index < -0.39 is 46.0 Å². The summed E-state index contributed by atoms with van der Waals surface area (Å²) in [7, 11) is -2.50. The monoisotopic (exact) mass is 740 g/mol. The van der Waals surface area contributed by atoms with Crippen LogP contribution in [0.15, 0.2) is 120 Å². The zero-order chi connectivity index (χ0) is 37.3. The van der Waals surface area contributed by atoms with Crippen LogP contribution in [0.2, 0.25) is 0 Å². The number of carboxylic acid groups (broad SMARTS) is 1. The number of carboxylic acids is 1. The maximum Gasteiger partial charge on any atom is 0.416 e. The quantitative estimate of drug-likeness (QED) is 0.126. The Hall–Kier alpha value is -5.39. The first-order valence-corrected chi connectivity index (χ1v) is 18.6. The number of carbonyl (C=O) groups is 1. The first kappa shape index (κ1) is 36.0. The summed E-state index contributed by atoms with van der Waals surface area (Å²) in [6, 6.07) is 30.2. The van der Waals surface area contributed by atoms with Crippen LogP contribution in [-0.4, -0.2) is 45.6 Å². The van der Waals surface area contributed by atoms with Crippen LogP contribution in [0.4, 0.5) is 13.2 Å². The zero-order valence-corrected chi connectivity index (χ0v) is 29.4. The molecule has 5 aromatic carbocycles. The number of rotatable bonds is 13. The summed E-state index contributed by atoms with van der Waals surface area (Å²) < 4.78 is 86.1. The van der Waals surface area contributed by atoms with Gasteiger partial charge in [0, 0.05) is 25.2 Å². The van der Waals surface area contributed by atoms with Gasteiger partial charge < -0.3 is 19.3 Å². The number of aliphatic carboxylic acids is 1. The van der Waals surface area contributed by atoms with E-state index in [4.69, 9.17) is 14.2 Å². The van der Waals surface area contributed by atoms with Crippen LogP contribution in [0, 0.1) is 5.92 Å². The fraction of sp³-hybridized carbons (Fsp3) is 0.214. The van der Waals surface area contributed by atoms with Crippen LogP contribution >= 0.6 is 0 Å². The Kier molecular flexibility index (Phi) is 9.89. The van der Waals surface area contributed by atoms with Crippen molar-refractivity contribution in [2.24, 2.45) is 5.92 Å². The second-order valence-corrected chi connectivity index (χ2v) is 15.1. The molecule has 2 aliphatic rings. The van der Waals surface area contributed by atoms with Crippen molar-refractivity contribution < 1.29 is 45.7 Å². The van der Waals surface area contributed by atoms with Crippen molar-refractivity contribution in [3.05, 3.63) is 143 Å². The van der Waals surface area contributed by atoms with E-state index in [1.165, 1.54) is 31.4 Å². The predicted octanol–water partition coefficient (Wildman–Crippen LogP) is 9.05. The van der Waals surface area contributed by atoms with Gasteiger partial charge in [-0.2, -0.15) is 13.2 Å². The van der Waals surface area contributed by atoms with Crippen molar-refractivity contribution in [1.29, 1.82) is 0 Å². The Labute approximate surface area is 305 Å². The number of sulfone groups is 1. The van der Waals surface area contributed by atoms with E-state index in [0.717, 1.165) is 51.1 Å². The van der Waals surface area contributed by atoms with Gasteiger partial charge in [0.15, 0.2) is 16.4 Å². The third kappa shape index (κ3) is 7.45. The van der Waals surface area contributed by atoms with Crippen LogP contribution in [0.25, 0.3) is 28.3 Å². The molecule has 0 radical (unpaired) electrons. The summed E-state index contributed by atoms with van der Waals surface area (Å²) in [4.78, 5) is 11.5. The molecule has 0 amide bonds. The molecule has 2 aliphatic carbocycles. The predicted molar refractivity (Wildman–Crippen MR) is 195 cm³/mol. The van der Waals surface area contributed by atoms with Crippen molar-refractivity contribution in [1.82, 2.24) is 0 Å². The van der Waals surface area contributed by atoms with E-state index in [0.29, 0.717) is 24.2 Å². The van der Waals surface area contributed by atoms with E-state index in [1.807, 2.05) is 66.7 Å². The average molecular weight is 741 g/mol. The second-order valence-electron chi connectivity index (χ2n) is 13.1. The van der Waals surface area contributed by atoms with E-state index in [1.54, 1.807) is 12.1 Å². The van der Waals surface area contributed by atoms with Crippen LogP contribution in [0.3, 0.4) is 0 Å². The molecular formula is C42H35F3O7S. The van der Waals surface area contributed by atoms with Crippen LogP contribution in [0.1, 0.15) is 40.2 Å². The topological polar surface area (TPSA) is 99.1 Å². The van der Waals surface area contributed by atoms with Gasteiger partial charge in [0.2, 0.25) is 0 Å². The highest BCUT2D eigenvalue weighted by Crippen LogP contribution is 2.47. The number of fused-ring (bicyclic) bond motifs is 4. The standard InChI is InChI=1S/C42H35F3O7S/c1-50-20-19-28(41-33-10-5-3-8-27(33)22-39(41)52-30-15-13-29(14-16-30)42(43,44)45)25-53(48,49)31-17-18-38(51-24-40(46)47)37(23-31)35-12-6-11-34-32-9-4-2-7-26(32)21-36(34)35/h2-18,22-23,28,41H,19-21,24-25H2,1H3,(H,46,47). The number of allylic oxidation sites excluding steroid dienone is 1. The Morgan fingerprint density at radius 1 is 0.868 bits per heavy atom. The molecule has 2 atom stereocenters. The van der Waals surface area contributed by atoms with Gasteiger partial charge in [-0.25, -0.2) is 13.2 Å². The molecule has 7 nitrogen and oxygen atoms in total. The lowest BCUT2D eigenvalue weighted by Crippen LogP contribution is -2.26. The Balaban J connectivity index is 1.25. The summed E-state index contributed by atoms with van der Waals surface area (Å²) in [6.07, 6.45) is -1.76. The Morgan fingerprint density at radius 2 is 1.57 bits per heavy atom. The SMILES string of the molecule is COCCC(CS(=O)(=O)c1ccc(OCC(=O)O)c(-c2cccc3c2Cc2ccccc2-3)c1)C1C(Oc2ccc(C(F)(F)F)cc2)=Cc2ccccc21. The summed E-state index contributed by atoms with van der Waals surface area (Å²) in [6.45, 7) is -0.362. The van der Waals surface area contributed by atoms with Crippen molar-refractivity contribution >= 4 is 21.9 Å². The molecule has 0 aromatic heterocycles. The molecule has 53 heavy (non-hydrogen) atoms. The highest BCUT2D eigenvalue weighted by molar-refractivity contribution is 7.91. The normalized spacial score (nSPS) is 15.2. The molecule has 272 valence electrons. The number of halogens is 3. The second kappa shape index (κ2) is 14.6. The minimum absolute atomic E-state index is 0.0335. The van der Waals surface area contributed by atoms with Gasteiger partial charge >= 0.3 is 12.1 Å². The minimum atomic E-state index is -4.50. The molecular weight excluding hydrogens is 706 g/mol. The lowest BCUT2D eigenvalue weighted by Gasteiger charge is -2.27. The molecule has 0 bridgehead atoms. The first-order chi connectivity index (χ1) is 25.4. The maximum absolute atomic E-state index is 14.5. The van der Waals surface area contributed by atoms with Crippen molar-refractivity contribution in [2.45, 2.75) is 29.8 Å². The summed E-state index contributed by atoms with van der Waals surface area (Å²) in [5.74, 6) is -1.74. The van der Waals surface area contributed by atoms with Crippen LogP contribution < -0.4 is 9.47 Å². The lowest BCUT2D eigenvalue weighted by atomic mass is 9.85. The van der Waals surface area contributed by atoms with Gasteiger partial charge in [-0.1, -0.05) is 66.7 Å². The third-order valence-corrected chi connectivity index (χ3v) is 11.6. The van der Waals surface area contributed by atoms with Gasteiger partial charge in [0.05, 0.1) is 16.2 Å². The zero-order valence-electron chi connectivity index (χ0n) is 28.6. The molecule has 0 saturated heterocycles. The summed E-state index contributed by atoms with van der Waals surface area (Å²) >= 11 is 0. The molecule has 0 heterocycles. The molecule has 11 heteroatoms.